The van der Waals surface area contributed by atoms with E-state index in [0.29, 0.717) is 5.92 Å². The highest BCUT2D eigenvalue weighted by Crippen LogP contribution is 2.39. The van der Waals surface area contributed by atoms with Crippen LogP contribution in [0.4, 0.5) is 11.5 Å². The summed E-state index contributed by atoms with van der Waals surface area (Å²) in [4.78, 5) is 14.9. The molecule has 0 unspecified atom stereocenters. The summed E-state index contributed by atoms with van der Waals surface area (Å²) in [7, 11) is 0. The molecule has 2 N–H and O–H groups in total. The molecular weight excluding hydrogens is 524 g/mol. The van der Waals surface area contributed by atoms with E-state index < -0.39 is 0 Å². The third-order valence-corrected chi connectivity index (χ3v) is 8.12. The maximum Gasteiger partial charge on any atom is 0.179 e. The van der Waals surface area contributed by atoms with Gasteiger partial charge in [-0.1, -0.05) is 42.5 Å². The Hall–Kier alpha value is -5.22. The van der Waals surface area contributed by atoms with Crippen molar-refractivity contribution in [1.29, 1.82) is 0 Å². The number of hydrogen-bond donors (Lipinski definition) is 2. The third kappa shape index (κ3) is 4.42. The first kappa shape index (κ1) is 24.6. The summed E-state index contributed by atoms with van der Waals surface area (Å²) in [5.74, 6) is 4.45. The first-order valence-corrected chi connectivity index (χ1v) is 14.2. The van der Waals surface area contributed by atoms with Crippen LogP contribution in [0.25, 0.3) is 40.0 Å². The predicted octanol–water partition coefficient (Wildman–Crippen LogP) is 5.61. The van der Waals surface area contributed by atoms with Gasteiger partial charge in [-0.25, -0.2) is 4.98 Å². The van der Waals surface area contributed by atoms with Crippen molar-refractivity contribution < 1.29 is 0 Å². The molecule has 1 fully saturated rings. The van der Waals surface area contributed by atoms with Crippen LogP contribution in [0.3, 0.4) is 0 Å². The Balaban J connectivity index is 0.982. The Labute approximate surface area is 242 Å². The van der Waals surface area contributed by atoms with Crippen LogP contribution in [-0.2, 0) is 6.54 Å². The molecule has 0 aliphatic carbocycles. The maximum atomic E-state index is 4.64. The molecule has 206 valence electrons. The van der Waals surface area contributed by atoms with Crippen molar-refractivity contribution in [1.82, 2.24) is 44.8 Å². The lowest BCUT2D eigenvalue weighted by molar-refractivity contribution is 0.202. The standard InChI is InChI=1S/C32H28N10/c1-2-7-25-24(6-1)32-40-39-31(42(32)27-9-5-17-34-30(27)35-25)23-12-10-21(11-13-23)20-41-18-14-22(15-19-41)28-36-29(38-37-28)26-8-3-4-16-33-26/h1-13,16-17,22H,14-15,18-20H2,(H,34,35)(H,36,37,38). The third-order valence-electron chi connectivity index (χ3n) is 8.12. The van der Waals surface area contributed by atoms with Crippen LogP contribution < -0.4 is 5.32 Å². The molecular formula is C32H28N10. The average molecular weight is 553 g/mol. The summed E-state index contributed by atoms with van der Waals surface area (Å²) < 4.78 is 2.10. The molecule has 0 radical (unpaired) electrons. The zero-order valence-electron chi connectivity index (χ0n) is 22.9. The molecule has 0 spiro atoms. The number of likely N-dealkylation sites (tertiary alicyclic amines) is 1. The number of aromatic amines is 1. The minimum Gasteiger partial charge on any atom is -0.338 e. The van der Waals surface area contributed by atoms with Gasteiger partial charge in [0.25, 0.3) is 0 Å². The fourth-order valence-electron chi connectivity index (χ4n) is 5.92. The molecule has 42 heavy (non-hydrogen) atoms. The normalized spacial score (nSPS) is 14.9. The summed E-state index contributed by atoms with van der Waals surface area (Å²) in [6.07, 6.45) is 5.66. The van der Waals surface area contributed by atoms with E-state index in [1.54, 1.807) is 12.4 Å². The van der Waals surface area contributed by atoms with E-state index in [-0.39, 0.29) is 0 Å². The highest BCUT2D eigenvalue weighted by molar-refractivity contribution is 5.84. The number of rotatable bonds is 5. The quantitative estimate of drug-likeness (QED) is 0.283. The maximum absolute atomic E-state index is 4.64. The van der Waals surface area contributed by atoms with E-state index in [0.717, 1.165) is 89.8 Å². The van der Waals surface area contributed by atoms with E-state index in [9.17, 15) is 0 Å². The van der Waals surface area contributed by atoms with Crippen molar-refractivity contribution in [3.05, 3.63) is 103 Å². The lowest BCUT2D eigenvalue weighted by Gasteiger charge is -2.30. The monoisotopic (exact) mass is 552 g/mol. The van der Waals surface area contributed by atoms with Gasteiger partial charge < -0.3 is 10.3 Å². The topological polar surface area (TPSA) is 113 Å². The summed E-state index contributed by atoms with van der Waals surface area (Å²) in [6.45, 7) is 2.93. The van der Waals surface area contributed by atoms with Gasteiger partial charge in [0, 0.05) is 36.0 Å². The molecule has 0 atom stereocenters. The van der Waals surface area contributed by atoms with Gasteiger partial charge in [-0.3, -0.25) is 14.5 Å². The minimum atomic E-state index is 0.383. The van der Waals surface area contributed by atoms with Crippen molar-refractivity contribution in [2.75, 3.05) is 18.4 Å². The molecule has 2 aromatic carbocycles. The van der Waals surface area contributed by atoms with Crippen LogP contribution in [0.1, 0.15) is 30.1 Å². The summed E-state index contributed by atoms with van der Waals surface area (Å²) in [6, 6.07) is 26.6. The van der Waals surface area contributed by atoms with Crippen molar-refractivity contribution >= 4 is 11.5 Å². The van der Waals surface area contributed by atoms with E-state index in [1.807, 2.05) is 48.5 Å². The number of hydrogen-bond acceptors (Lipinski definition) is 8. The van der Waals surface area contributed by atoms with Gasteiger partial charge in [0.05, 0.1) is 11.4 Å². The van der Waals surface area contributed by atoms with Crippen molar-refractivity contribution in [2.24, 2.45) is 0 Å². The number of piperidine rings is 1. The van der Waals surface area contributed by atoms with Gasteiger partial charge in [0.1, 0.15) is 11.5 Å². The molecule has 6 heterocycles. The molecule has 10 heteroatoms. The van der Waals surface area contributed by atoms with Crippen LogP contribution in [0.5, 0.6) is 0 Å². The van der Waals surface area contributed by atoms with E-state index in [1.165, 1.54) is 5.56 Å². The van der Waals surface area contributed by atoms with Crippen LogP contribution in [0.15, 0.2) is 91.3 Å². The number of aromatic nitrogens is 8. The van der Waals surface area contributed by atoms with Crippen LogP contribution in [0, 0.1) is 0 Å². The highest BCUT2D eigenvalue weighted by atomic mass is 15.3. The van der Waals surface area contributed by atoms with Crippen LogP contribution in [-0.4, -0.2) is 57.9 Å². The Morgan fingerprint density at radius 2 is 1.55 bits per heavy atom. The molecule has 0 bridgehead atoms. The summed E-state index contributed by atoms with van der Waals surface area (Å²) in [5.41, 5.74) is 5.99. The second kappa shape index (κ2) is 10.3. The SMILES string of the molecule is c1ccc(-c2nnc(C3CCN(Cc4ccc(-c5nnc6n5-c5cccnc5Nc5ccccc5-6)cc4)CC3)[nH]2)nc1. The number of nitrogens with one attached hydrogen (secondary N) is 2. The molecule has 4 aromatic heterocycles. The van der Waals surface area contributed by atoms with Gasteiger partial charge in [0.15, 0.2) is 23.3 Å². The second-order valence-electron chi connectivity index (χ2n) is 10.7. The van der Waals surface area contributed by atoms with Gasteiger partial charge in [-0.15, -0.1) is 20.4 Å². The van der Waals surface area contributed by atoms with E-state index in [2.05, 4.69) is 80.5 Å². The number of pyridine rings is 2. The van der Waals surface area contributed by atoms with Crippen LogP contribution in [0.2, 0.25) is 0 Å². The number of anilines is 2. The van der Waals surface area contributed by atoms with Gasteiger partial charge in [-0.2, -0.15) is 0 Å². The summed E-state index contributed by atoms with van der Waals surface area (Å²) in [5, 5.41) is 21.5. The molecule has 0 saturated carbocycles. The van der Waals surface area contributed by atoms with Crippen molar-refractivity contribution in [2.45, 2.75) is 25.3 Å². The first-order chi connectivity index (χ1) is 20.8. The number of nitrogens with zero attached hydrogens (tertiary/aromatic N) is 8. The number of para-hydroxylation sites is 1. The van der Waals surface area contributed by atoms with Gasteiger partial charge in [-0.05, 0) is 67.9 Å². The Bertz CT molecular complexity index is 1850. The van der Waals surface area contributed by atoms with Crippen LogP contribution >= 0.6 is 0 Å². The number of fused-ring (bicyclic) bond motifs is 5. The minimum absolute atomic E-state index is 0.383. The number of H-pyrrole nitrogens is 1. The van der Waals surface area contributed by atoms with Gasteiger partial charge >= 0.3 is 0 Å². The zero-order chi connectivity index (χ0) is 27.9. The van der Waals surface area contributed by atoms with Crippen molar-refractivity contribution in [3.8, 4) is 40.0 Å². The molecule has 1 saturated heterocycles. The molecule has 0 amide bonds. The van der Waals surface area contributed by atoms with Gasteiger partial charge in [0.2, 0.25) is 0 Å². The largest absolute Gasteiger partial charge is 0.338 e. The predicted molar refractivity (Wildman–Crippen MR) is 160 cm³/mol. The summed E-state index contributed by atoms with van der Waals surface area (Å²) >= 11 is 0. The average Bonchev–Trinajstić information content (AvgIpc) is 3.69. The van der Waals surface area contributed by atoms with Crippen molar-refractivity contribution in [3.63, 3.8) is 0 Å². The molecule has 2 aliphatic heterocycles. The van der Waals surface area contributed by atoms with E-state index in [4.69, 9.17) is 0 Å². The molecule has 2 aliphatic rings. The smallest absolute Gasteiger partial charge is 0.179 e. The zero-order valence-corrected chi connectivity index (χ0v) is 22.9. The fraction of sp³-hybridized carbons (Fsp3) is 0.188. The second-order valence-corrected chi connectivity index (χ2v) is 10.7. The lowest BCUT2D eigenvalue weighted by atomic mass is 9.96. The first-order valence-electron chi connectivity index (χ1n) is 14.2. The Kier molecular flexibility index (Phi) is 6.03. The van der Waals surface area contributed by atoms with E-state index >= 15 is 0 Å². The lowest BCUT2D eigenvalue weighted by Crippen LogP contribution is -2.32. The Morgan fingerprint density at radius 3 is 2.40 bits per heavy atom. The molecule has 6 aromatic rings. The highest BCUT2D eigenvalue weighted by Gasteiger charge is 2.26. The molecule has 10 nitrogen and oxygen atoms in total. The Morgan fingerprint density at radius 1 is 0.738 bits per heavy atom. The number of benzene rings is 2. The molecule has 8 rings (SSSR count). The fourth-order valence-corrected chi connectivity index (χ4v) is 5.92.